The third kappa shape index (κ3) is 2.37. The highest BCUT2D eigenvalue weighted by molar-refractivity contribution is 7.16. The van der Waals surface area contributed by atoms with Gasteiger partial charge in [-0.15, -0.1) is 10.2 Å². The predicted octanol–water partition coefficient (Wildman–Crippen LogP) is 1.75. The molecule has 2 fully saturated rings. The average molecular weight is 307 g/mol. The van der Waals surface area contributed by atoms with Gasteiger partial charge < -0.3 is 10.5 Å². The lowest BCUT2D eigenvalue weighted by molar-refractivity contribution is 0.0831. The molecule has 6 nitrogen and oxygen atoms in total. The van der Waals surface area contributed by atoms with E-state index < -0.39 is 0 Å². The first-order valence-corrected chi connectivity index (χ1v) is 8.60. The van der Waals surface area contributed by atoms with Gasteiger partial charge in [-0.25, -0.2) is 0 Å². The summed E-state index contributed by atoms with van der Waals surface area (Å²) in [4.78, 5) is 0.915. The van der Waals surface area contributed by atoms with Crippen molar-refractivity contribution in [3.05, 3.63) is 10.8 Å². The van der Waals surface area contributed by atoms with Crippen LogP contribution in [0.2, 0.25) is 0 Å². The first kappa shape index (κ1) is 13.6. The van der Waals surface area contributed by atoms with Crippen molar-refractivity contribution in [1.82, 2.24) is 19.8 Å². The smallest absolute Gasteiger partial charge is 0.234 e. The number of fused-ring (bicyclic) bond motifs is 1. The zero-order chi connectivity index (χ0) is 14.3. The zero-order valence-corrected chi connectivity index (χ0v) is 12.9. The monoisotopic (exact) mass is 307 g/mol. The third-order valence-corrected chi connectivity index (χ3v) is 5.92. The van der Waals surface area contributed by atoms with Crippen molar-refractivity contribution in [3.8, 4) is 0 Å². The van der Waals surface area contributed by atoms with E-state index in [1.165, 1.54) is 19.3 Å². The fourth-order valence-electron chi connectivity index (χ4n) is 3.40. The van der Waals surface area contributed by atoms with Crippen LogP contribution in [-0.2, 0) is 11.2 Å². The zero-order valence-electron chi connectivity index (χ0n) is 12.1. The Labute approximate surface area is 127 Å². The van der Waals surface area contributed by atoms with Gasteiger partial charge in [-0.1, -0.05) is 17.8 Å². The number of rotatable bonds is 4. The summed E-state index contributed by atoms with van der Waals surface area (Å²) in [6.45, 7) is 2.39. The largest absolute Gasteiger partial charge is 0.381 e. The lowest BCUT2D eigenvalue weighted by atomic mass is 9.67. The summed E-state index contributed by atoms with van der Waals surface area (Å²) < 4.78 is 7.39. The van der Waals surface area contributed by atoms with Crippen molar-refractivity contribution in [2.45, 2.75) is 44.4 Å². The molecule has 114 valence electrons. The SMILES string of the molecule is NCC1(Cc2nn3c(C4CCOCC4)nnc3s2)CCC1. The molecule has 1 saturated carbocycles. The minimum absolute atomic E-state index is 0.294. The molecule has 0 aromatic carbocycles. The van der Waals surface area contributed by atoms with Crippen molar-refractivity contribution < 1.29 is 4.74 Å². The van der Waals surface area contributed by atoms with Crippen LogP contribution < -0.4 is 5.73 Å². The molecule has 0 spiro atoms. The normalized spacial score (nSPS) is 22.5. The molecule has 1 aliphatic heterocycles. The number of hydrogen-bond acceptors (Lipinski definition) is 6. The van der Waals surface area contributed by atoms with E-state index in [9.17, 15) is 0 Å². The molecule has 2 aromatic rings. The molecule has 0 atom stereocenters. The van der Waals surface area contributed by atoms with Gasteiger partial charge in [-0.3, -0.25) is 0 Å². The van der Waals surface area contributed by atoms with Gasteiger partial charge in [0.25, 0.3) is 0 Å². The minimum Gasteiger partial charge on any atom is -0.381 e. The highest BCUT2D eigenvalue weighted by Crippen LogP contribution is 2.43. The lowest BCUT2D eigenvalue weighted by Crippen LogP contribution is -2.39. The second-order valence-corrected chi connectivity index (χ2v) is 7.41. The van der Waals surface area contributed by atoms with E-state index in [-0.39, 0.29) is 0 Å². The van der Waals surface area contributed by atoms with E-state index in [0.29, 0.717) is 11.3 Å². The van der Waals surface area contributed by atoms with Crippen molar-refractivity contribution in [2.75, 3.05) is 19.8 Å². The van der Waals surface area contributed by atoms with E-state index in [0.717, 1.165) is 54.8 Å². The number of nitrogens with zero attached hydrogens (tertiary/aromatic N) is 4. The quantitative estimate of drug-likeness (QED) is 0.931. The summed E-state index contributed by atoms with van der Waals surface area (Å²) in [6, 6.07) is 0. The summed E-state index contributed by atoms with van der Waals surface area (Å²) in [7, 11) is 0. The Bertz CT molecular complexity index is 621. The number of nitrogens with two attached hydrogens (primary N) is 1. The molecule has 21 heavy (non-hydrogen) atoms. The first-order chi connectivity index (χ1) is 10.3. The Balaban J connectivity index is 1.59. The predicted molar refractivity (Wildman–Crippen MR) is 80.5 cm³/mol. The standard InChI is InChI=1S/C14H21N5OS/c15-9-14(4-1-5-14)8-11-18-19-12(16-17-13(19)21-11)10-2-6-20-7-3-10/h10H,1-9,15H2. The number of hydrogen-bond donors (Lipinski definition) is 1. The number of ether oxygens (including phenoxy) is 1. The van der Waals surface area contributed by atoms with Crippen LogP contribution in [0.3, 0.4) is 0 Å². The molecule has 7 heteroatoms. The van der Waals surface area contributed by atoms with Crippen LogP contribution in [0.4, 0.5) is 0 Å². The van der Waals surface area contributed by atoms with E-state index in [4.69, 9.17) is 15.6 Å². The third-order valence-electron chi connectivity index (χ3n) is 5.02. The van der Waals surface area contributed by atoms with Gasteiger partial charge in [0, 0.05) is 25.6 Å². The summed E-state index contributed by atoms with van der Waals surface area (Å²) in [5.74, 6) is 1.43. The van der Waals surface area contributed by atoms with E-state index in [2.05, 4.69) is 10.2 Å². The maximum absolute atomic E-state index is 5.96. The summed E-state index contributed by atoms with van der Waals surface area (Å²) >= 11 is 1.67. The molecule has 2 aliphatic rings. The molecular formula is C14H21N5OS. The lowest BCUT2D eigenvalue weighted by Gasteiger charge is -2.40. The molecule has 1 aliphatic carbocycles. The molecular weight excluding hydrogens is 286 g/mol. The highest BCUT2D eigenvalue weighted by atomic mass is 32.1. The van der Waals surface area contributed by atoms with Crippen LogP contribution in [0.15, 0.2) is 0 Å². The van der Waals surface area contributed by atoms with E-state index >= 15 is 0 Å². The second kappa shape index (κ2) is 5.30. The average Bonchev–Trinajstić information content (AvgIpc) is 3.03. The Morgan fingerprint density at radius 2 is 2.10 bits per heavy atom. The Kier molecular flexibility index (Phi) is 3.43. The van der Waals surface area contributed by atoms with Gasteiger partial charge in [-0.2, -0.15) is 9.61 Å². The van der Waals surface area contributed by atoms with Crippen LogP contribution in [0.1, 0.15) is 48.9 Å². The first-order valence-electron chi connectivity index (χ1n) is 7.78. The van der Waals surface area contributed by atoms with Crippen molar-refractivity contribution in [1.29, 1.82) is 0 Å². The van der Waals surface area contributed by atoms with Gasteiger partial charge in [0.15, 0.2) is 5.82 Å². The van der Waals surface area contributed by atoms with Gasteiger partial charge in [0.1, 0.15) is 5.01 Å². The Hall–Kier alpha value is -1.05. The minimum atomic E-state index is 0.294. The Morgan fingerprint density at radius 1 is 1.29 bits per heavy atom. The molecule has 0 radical (unpaired) electrons. The van der Waals surface area contributed by atoms with E-state index in [1.54, 1.807) is 11.3 Å². The fourth-order valence-corrected chi connectivity index (χ4v) is 4.42. The molecule has 4 rings (SSSR count). The molecule has 2 N–H and O–H groups in total. The van der Waals surface area contributed by atoms with Crippen molar-refractivity contribution in [3.63, 3.8) is 0 Å². The molecule has 0 unspecified atom stereocenters. The Morgan fingerprint density at radius 3 is 2.76 bits per heavy atom. The van der Waals surface area contributed by atoms with Gasteiger partial charge in [-0.05, 0) is 37.6 Å². The van der Waals surface area contributed by atoms with Gasteiger partial charge in [0.2, 0.25) is 4.96 Å². The summed E-state index contributed by atoms with van der Waals surface area (Å²) in [5, 5.41) is 14.6. The maximum Gasteiger partial charge on any atom is 0.234 e. The molecule has 2 aromatic heterocycles. The number of aromatic nitrogens is 4. The van der Waals surface area contributed by atoms with Crippen molar-refractivity contribution in [2.24, 2.45) is 11.1 Å². The molecule has 0 bridgehead atoms. The topological polar surface area (TPSA) is 78.3 Å². The fraction of sp³-hybridized carbons (Fsp3) is 0.786. The second-order valence-electron chi connectivity index (χ2n) is 6.37. The maximum atomic E-state index is 5.96. The molecule has 3 heterocycles. The van der Waals surface area contributed by atoms with Crippen LogP contribution in [0.5, 0.6) is 0 Å². The van der Waals surface area contributed by atoms with Crippen LogP contribution in [-0.4, -0.2) is 39.6 Å². The molecule has 0 amide bonds. The highest BCUT2D eigenvalue weighted by Gasteiger charge is 2.37. The van der Waals surface area contributed by atoms with Gasteiger partial charge in [0.05, 0.1) is 0 Å². The summed E-state index contributed by atoms with van der Waals surface area (Å²) in [6.07, 6.45) is 6.78. The van der Waals surface area contributed by atoms with Crippen molar-refractivity contribution >= 4 is 16.3 Å². The summed E-state index contributed by atoms with van der Waals surface area (Å²) in [5.41, 5.74) is 6.25. The van der Waals surface area contributed by atoms with E-state index in [1.807, 2.05) is 4.52 Å². The molecule has 1 saturated heterocycles. The van der Waals surface area contributed by atoms with Crippen LogP contribution in [0.25, 0.3) is 4.96 Å². The van der Waals surface area contributed by atoms with Gasteiger partial charge >= 0.3 is 0 Å². The van der Waals surface area contributed by atoms with Crippen LogP contribution >= 0.6 is 11.3 Å². The van der Waals surface area contributed by atoms with Crippen LogP contribution in [0, 0.1) is 5.41 Å².